The minimum Gasteiger partial charge on any atom is -0.289 e. The summed E-state index contributed by atoms with van der Waals surface area (Å²) < 4.78 is 0. The highest BCUT2D eigenvalue weighted by atomic mass is 79.9. The summed E-state index contributed by atoms with van der Waals surface area (Å²) in [5.41, 5.74) is 1.28. The molecule has 17 heavy (non-hydrogen) atoms. The van der Waals surface area contributed by atoms with Crippen LogP contribution in [0.4, 0.5) is 0 Å². The third-order valence-corrected chi connectivity index (χ3v) is 3.21. The quantitative estimate of drug-likeness (QED) is 0.423. The van der Waals surface area contributed by atoms with E-state index < -0.39 is 11.2 Å². The molecule has 0 amide bonds. The van der Waals surface area contributed by atoms with Crippen molar-refractivity contribution in [2.45, 2.75) is 27.7 Å². The van der Waals surface area contributed by atoms with E-state index in [1.807, 2.05) is 13.0 Å². The summed E-state index contributed by atoms with van der Waals surface area (Å²) in [6.45, 7) is 7.06. The van der Waals surface area contributed by atoms with Crippen LogP contribution < -0.4 is 0 Å². The van der Waals surface area contributed by atoms with Gasteiger partial charge in [0.15, 0.2) is 0 Å². The minimum absolute atomic E-state index is 0.360. The number of carbonyl (C=O) groups is 2. The first-order valence-electron chi connectivity index (χ1n) is 5.37. The van der Waals surface area contributed by atoms with E-state index in [9.17, 15) is 9.59 Å². The van der Waals surface area contributed by atoms with E-state index in [0.717, 1.165) is 10.9 Å². The summed E-state index contributed by atoms with van der Waals surface area (Å²) in [5.74, 6) is 5.18. The third-order valence-electron chi connectivity index (χ3n) is 2.88. The van der Waals surface area contributed by atoms with Crippen LogP contribution >= 0.6 is 15.9 Å². The zero-order valence-corrected chi connectivity index (χ0v) is 12.1. The van der Waals surface area contributed by atoms with E-state index >= 15 is 0 Å². The van der Waals surface area contributed by atoms with E-state index in [1.54, 1.807) is 20.8 Å². The van der Waals surface area contributed by atoms with E-state index in [0.29, 0.717) is 11.1 Å². The normalized spacial score (nSPS) is 19.5. The molecule has 0 aromatic rings. The van der Waals surface area contributed by atoms with Crippen molar-refractivity contribution in [1.82, 2.24) is 0 Å². The van der Waals surface area contributed by atoms with Crippen LogP contribution in [0.25, 0.3) is 0 Å². The van der Waals surface area contributed by atoms with E-state index in [-0.39, 0.29) is 5.78 Å². The van der Waals surface area contributed by atoms with E-state index in [4.69, 9.17) is 0 Å². The Bertz CT molecular complexity index is 496. The van der Waals surface area contributed by atoms with Gasteiger partial charge in [0, 0.05) is 16.5 Å². The van der Waals surface area contributed by atoms with Gasteiger partial charge in [-0.05, 0) is 33.3 Å². The maximum atomic E-state index is 11.7. The van der Waals surface area contributed by atoms with Crippen molar-refractivity contribution >= 4 is 27.5 Å². The van der Waals surface area contributed by atoms with Crippen LogP contribution in [-0.2, 0) is 9.59 Å². The van der Waals surface area contributed by atoms with Crippen LogP contribution in [0.15, 0.2) is 22.8 Å². The van der Waals surface area contributed by atoms with Crippen LogP contribution in [0.5, 0.6) is 0 Å². The maximum Gasteiger partial charge on any atom is 0.226 e. The molecular formula is C14H15BrO2. The second-order valence-electron chi connectivity index (χ2n) is 4.57. The monoisotopic (exact) mass is 294 g/mol. The summed E-state index contributed by atoms with van der Waals surface area (Å²) in [4.78, 5) is 23.3. The van der Waals surface area contributed by atoms with Crippen molar-refractivity contribution < 1.29 is 9.59 Å². The summed E-state index contributed by atoms with van der Waals surface area (Å²) in [6, 6.07) is 0. The second-order valence-corrected chi connectivity index (χ2v) is 5.22. The molecule has 2 nitrogen and oxygen atoms in total. The number of carbonyl (C=O) groups excluding carboxylic acids is 2. The van der Waals surface area contributed by atoms with Gasteiger partial charge in [-0.2, -0.15) is 0 Å². The SMILES string of the molecule is CC(C#CC1=C(C)C(=O)C(=O)C1(C)C)=CCBr. The lowest BCUT2D eigenvalue weighted by Crippen LogP contribution is -2.25. The largest absolute Gasteiger partial charge is 0.289 e. The molecule has 0 spiro atoms. The smallest absolute Gasteiger partial charge is 0.226 e. The average molecular weight is 295 g/mol. The summed E-state index contributed by atoms with van der Waals surface area (Å²) in [7, 11) is 0. The van der Waals surface area contributed by atoms with Crippen molar-refractivity contribution in [1.29, 1.82) is 0 Å². The number of allylic oxidation sites excluding steroid dienone is 4. The van der Waals surface area contributed by atoms with Crippen LogP contribution in [0, 0.1) is 17.3 Å². The Labute approximate surface area is 110 Å². The van der Waals surface area contributed by atoms with Crippen molar-refractivity contribution in [2.24, 2.45) is 5.41 Å². The van der Waals surface area contributed by atoms with Gasteiger partial charge < -0.3 is 0 Å². The summed E-state index contributed by atoms with van der Waals surface area (Å²) in [6.07, 6.45) is 1.94. The predicted molar refractivity (Wildman–Crippen MR) is 71.8 cm³/mol. The molecule has 1 aliphatic rings. The van der Waals surface area contributed by atoms with Crippen LogP contribution in [-0.4, -0.2) is 16.9 Å². The Kier molecular flexibility index (Phi) is 4.11. The topological polar surface area (TPSA) is 34.1 Å². The first kappa shape index (κ1) is 13.9. The molecule has 0 aromatic heterocycles. The molecule has 0 saturated heterocycles. The Morgan fingerprint density at radius 3 is 2.41 bits per heavy atom. The molecule has 0 atom stereocenters. The van der Waals surface area contributed by atoms with Gasteiger partial charge in [-0.1, -0.05) is 33.8 Å². The molecule has 0 saturated carbocycles. The van der Waals surface area contributed by atoms with Gasteiger partial charge in [-0.15, -0.1) is 0 Å². The molecule has 0 bridgehead atoms. The average Bonchev–Trinajstić information content (AvgIpc) is 2.39. The molecule has 0 aliphatic heterocycles. The highest BCUT2D eigenvalue weighted by Crippen LogP contribution is 2.36. The molecule has 1 aliphatic carbocycles. The van der Waals surface area contributed by atoms with Gasteiger partial charge in [0.1, 0.15) is 0 Å². The van der Waals surface area contributed by atoms with Crippen molar-refractivity contribution in [3.8, 4) is 11.8 Å². The molecule has 3 heteroatoms. The predicted octanol–water partition coefficient (Wildman–Crippen LogP) is 2.83. The fourth-order valence-electron chi connectivity index (χ4n) is 1.73. The number of hydrogen-bond acceptors (Lipinski definition) is 2. The van der Waals surface area contributed by atoms with Crippen LogP contribution in [0.2, 0.25) is 0 Å². The highest BCUT2D eigenvalue weighted by molar-refractivity contribution is 9.09. The Morgan fingerprint density at radius 1 is 1.41 bits per heavy atom. The molecule has 0 unspecified atom stereocenters. The Balaban J connectivity index is 3.18. The highest BCUT2D eigenvalue weighted by Gasteiger charge is 2.44. The Morgan fingerprint density at radius 2 is 2.00 bits per heavy atom. The van der Waals surface area contributed by atoms with Gasteiger partial charge in [0.2, 0.25) is 11.6 Å². The number of alkyl halides is 1. The molecule has 90 valence electrons. The van der Waals surface area contributed by atoms with Crippen molar-refractivity contribution in [2.75, 3.05) is 5.33 Å². The standard InChI is InChI=1S/C14H15BrO2/c1-9(7-8-15)5-6-11-10(2)12(16)13(17)14(11,3)4/h7H,8H2,1-4H3. The van der Waals surface area contributed by atoms with E-state index in [1.165, 1.54) is 0 Å². The minimum atomic E-state index is -0.775. The number of Topliss-reactive ketones (excluding diaryl/α,β-unsaturated/α-hetero) is 2. The lowest BCUT2D eigenvalue weighted by atomic mass is 9.84. The Hall–Kier alpha value is -1.14. The van der Waals surface area contributed by atoms with Crippen LogP contribution in [0.1, 0.15) is 27.7 Å². The first-order chi connectivity index (χ1) is 7.82. The molecule has 0 heterocycles. The van der Waals surface area contributed by atoms with Gasteiger partial charge >= 0.3 is 0 Å². The van der Waals surface area contributed by atoms with Crippen molar-refractivity contribution in [3.63, 3.8) is 0 Å². The summed E-state index contributed by atoms with van der Waals surface area (Å²) >= 11 is 3.29. The van der Waals surface area contributed by atoms with Gasteiger partial charge in [0.05, 0.1) is 5.41 Å². The van der Waals surface area contributed by atoms with Gasteiger partial charge in [-0.3, -0.25) is 9.59 Å². The first-order valence-corrected chi connectivity index (χ1v) is 6.49. The number of rotatable bonds is 1. The molecule has 0 N–H and O–H groups in total. The fraction of sp³-hybridized carbons (Fsp3) is 0.429. The number of hydrogen-bond donors (Lipinski definition) is 0. The molecular weight excluding hydrogens is 280 g/mol. The zero-order chi connectivity index (χ0) is 13.2. The fourth-order valence-corrected chi connectivity index (χ4v) is 2.21. The molecule has 0 radical (unpaired) electrons. The number of ketones is 2. The summed E-state index contributed by atoms with van der Waals surface area (Å²) in [5, 5.41) is 0.743. The maximum absolute atomic E-state index is 11.7. The lowest BCUT2D eigenvalue weighted by molar-refractivity contribution is -0.136. The number of halogens is 1. The molecule has 0 aromatic carbocycles. The van der Waals surface area contributed by atoms with Gasteiger partial charge in [-0.25, -0.2) is 0 Å². The molecule has 1 rings (SSSR count). The van der Waals surface area contributed by atoms with Crippen LogP contribution in [0.3, 0.4) is 0 Å². The second kappa shape index (κ2) is 5.01. The molecule has 0 fully saturated rings. The van der Waals surface area contributed by atoms with E-state index in [2.05, 4.69) is 27.8 Å². The van der Waals surface area contributed by atoms with Crippen molar-refractivity contribution in [3.05, 3.63) is 22.8 Å². The zero-order valence-electron chi connectivity index (χ0n) is 10.5. The van der Waals surface area contributed by atoms with Gasteiger partial charge in [0.25, 0.3) is 0 Å². The lowest BCUT2D eigenvalue weighted by Gasteiger charge is -2.15. The third kappa shape index (κ3) is 2.58.